The van der Waals surface area contributed by atoms with Crippen molar-refractivity contribution in [2.45, 2.75) is 19.8 Å². The lowest BCUT2D eigenvalue weighted by Gasteiger charge is -2.02. The summed E-state index contributed by atoms with van der Waals surface area (Å²) in [5.74, 6) is -0.932. The molecule has 0 aliphatic carbocycles. The van der Waals surface area contributed by atoms with Crippen molar-refractivity contribution in [3.63, 3.8) is 0 Å². The van der Waals surface area contributed by atoms with Crippen LogP contribution in [0.4, 0.5) is 0 Å². The maximum absolute atomic E-state index is 10.6. The summed E-state index contributed by atoms with van der Waals surface area (Å²) in [4.78, 5) is 10.6. The van der Waals surface area contributed by atoms with E-state index in [1.165, 1.54) is 12.1 Å². The van der Waals surface area contributed by atoms with Crippen molar-refractivity contribution in [3.8, 4) is 0 Å². The van der Waals surface area contributed by atoms with Gasteiger partial charge < -0.3 is 10.5 Å². The van der Waals surface area contributed by atoms with Crippen LogP contribution in [0, 0.1) is 5.41 Å². The molecule has 1 aromatic rings. The highest BCUT2D eigenvalue weighted by molar-refractivity contribution is 5.99. The van der Waals surface area contributed by atoms with Crippen LogP contribution in [0.25, 0.3) is 0 Å². The molecule has 3 heteroatoms. The van der Waals surface area contributed by atoms with E-state index in [9.17, 15) is 4.79 Å². The van der Waals surface area contributed by atoms with Crippen LogP contribution < -0.4 is 0 Å². The third kappa shape index (κ3) is 2.42. The van der Waals surface area contributed by atoms with Crippen LogP contribution in [0.1, 0.15) is 35.7 Å². The Morgan fingerprint density at radius 3 is 2.21 bits per heavy atom. The largest absolute Gasteiger partial charge is 0.478 e. The number of aromatic carboxylic acids is 1. The Morgan fingerprint density at radius 1 is 1.29 bits per heavy atom. The zero-order valence-corrected chi connectivity index (χ0v) is 8.08. The summed E-state index contributed by atoms with van der Waals surface area (Å²) in [6, 6.07) is 6.42. The Bertz CT molecular complexity index is 341. The minimum Gasteiger partial charge on any atom is -0.478 e. The highest BCUT2D eigenvalue weighted by atomic mass is 16.4. The molecule has 0 saturated heterocycles. The van der Waals surface area contributed by atoms with E-state index in [-0.39, 0.29) is 5.56 Å². The molecule has 0 heterocycles. The van der Waals surface area contributed by atoms with E-state index in [4.69, 9.17) is 10.5 Å². The highest BCUT2D eigenvalue weighted by Gasteiger charge is 2.03. The lowest BCUT2D eigenvalue weighted by atomic mass is 10.0. The average molecular weight is 191 g/mol. The second-order valence-corrected chi connectivity index (χ2v) is 3.11. The number of hydrogen-bond donors (Lipinski definition) is 2. The van der Waals surface area contributed by atoms with E-state index >= 15 is 0 Å². The summed E-state index contributed by atoms with van der Waals surface area (Å²) < 4.78 is 0. The molecule has 14 heavy (non-hydrogen) atoms. The number of carboxylic acids is 1. The van der Waals surface area contributed by atoms with Crippen LogP contribution in [0.2, 0.25) is 0 Å². The van der Waals surface area contributed by atoms with Crippen molar-refractivity contribution in [2.24, 2.45) is 0 Å². The molecule has 0 aliphatic heterocycles. The van der Waals surface area contributed by atoms with Crippen molar-refractivity contribution in [3.05, 3.63) is 35.4 Å². The van der Waals surface area contributed by atoms with E-state index in [1.807, 2.05) is 6.92 Å². The van der Waals surface area contributed by atoms with Gasteiger partial charge in [-0.05, 0) is 24.1 Å². The smallest absolute Gasteiger partial charge is 0.335 e. The quantitative estimate of drug-likeness (QED) is 0.718. The van der Waals surface area contributed by atoms with E-state index in [0.29, 0.717) is 5.71 Å². The topological polar surface area (TPSA) is 61.2 Å². The van der Waals surface area contributed by atoms with Gasteiger partial charge in [0, 0.05) is 5.71 Å². The summed E-state index contributed by atoms with van der Waals surface area (Å²) in [5, 5.41) is 16.3. The van der Waals surface area contributed by atoms with E-state index in [1.54, 1.807) is 12.1 Å². The lowest BCUT2D eigenvalue weighted by Crippen LogP contribution is -2.00. The first-order valence-corrected chi connectivity index (χ1v) is 4.56. The fourth-order valence-corrected chi connectivity index (χ4v) is 1.21. The average Bonchev–Trinajstić information content (AvgIpc) is 2.18. The minimum atomic E-state index is -0.932. The lowest BCUT2D eigenvalue weighted by molar-refractivity contribution is 0.0697. The van der Waals surface area contributed by atoms with Gasteiger partial charge in [-0.15, -0.1) is 0 Å². The molecule has 1 rings (SSSR count). The molecule has 0 aliphatic rings. The van der Waals surface area contributed by atoms with Gasteiger partial charge in [-0.1, -0.05) is 25.5 Å². The first-order valence-electron chi connectivity index (χ1n) is 4.56. The van der Waals surface area contributed by atoms with Crippen LogP contribution >= 0.6 is 0 Å². The van der Waals surface area contributed by atoms with Gasteiger partial charge in [0.05, 0.1) is 5.56 Å². The molecular weight excluding hydrogens is 178 g/mol. The Morgan fingerprint density at radius 2 is 1.79 bits per heavy atom. The maximum Gasteiger partial charge on any atom is 0.335 e. The molecule has 1 aromatic carbocycles. The van der Waals surface area contributed by atoms with E-state index in [0.717, 1.165) is 18.4 Å². The van der Waals surface area contributed by atoms with Gasteiger partial charge in [-0.2, -0.15) is 0 Å². The third-order valence-corrected chi connectivity index (χ3v) is 1.98. The molecule has 2 N–H and O–H groups in total. The summed E-state index contributed by atoms with van der Waals surface area (Å²) in [6.45, 7) is 2.01. The van der Waals surface area contributed by atoms with Crippen molar-refractivity contribution in [2.75, 3.05) is 0 Å². The highest BCUT2D eigenvalue weighted by Crippen LogP contribution is 2.07. The van der Waals surface area contributed by atoms with Crippen molar-refractivity contribution in [1.82, 2.24) is 0 Å². The van der Waals surface area contributed by atoms with Crippen LogP contribution in [0.15, 0.2) is 24.3 Å². The normalized spacial score (nSPS) is 9.79. The number of rotatable bonds is 4. The van der Waals surface area contributed by atoms with Gasteiger partial charge in [0.15, 0.2) is 0 Å². The zero-order chi connectivity index (χ0) is 10.6. The van der Waals surface area contributed by atoms with Crippen LogP contribution in [0.5, 0.6) is 0 Å². The van der Waals surface area contributed by atoms with Gasteiger partial charge in [0.1, 0.15) is 0 Å². The van der Waals surface area contributed by atoms with Gasteiger partial charge in [-0.25, -0.2) is 4.79 Å². The molecule has 0 bridgehead atoms. The monoisotopic (exact) mass is 191 g/mol. The molecule has 3 nitrogen and oxygen atoms in total. The van der Waals surface area contributed by atoms with Crippen LogP contribution in [0.3, 0.4) is 0 Å². The summed E-state index contributed by atoms with van der Waals surface area (Å²) in [7, 11) is 0. The molecule has 0 fully saturated rings. The Labute approximate surface area is 82.9 Å². The van der Waals surface area contributed by atoms with Gasteiger partial charge in [0.2, 0.25) is 0 Å². The molecular formula is C11H13NO2. The fraction of sp³-hybridized carbons (Fsp3) is 0.273. The second kappa shape index (κ2) is 4.56. The fourth-order valence-electron chi connectivity index (χ4n) is 1.21. The summed E-state index contributed by atoms with van der Waals surface area (Å²) in [5.41, 5.74) is 1.62. The predicted octanol–water partition coefficient (Wildman–Crippen LogP) is 2.55. The van der Waals surface area contributed by atoms with Gasteiger partial charge in [0.25, 0.3) is 0 Å². The van der Waals surface area contributed by atoms with E-state index < -0.39 is 5.97 Å². The molecule has 74 valence electrons. The van der Waals surface area contributed by atoms with Gasteiger partial charge >= 0.3 is 5.97 Å². The molecule has 0 radical (unpaired) electrons. The van der Waals surface area contributed by atoms with Crippen molar-refractivity contribution in [1.29, 1.82) is 5.41 Å². The molecule has 0 aromatic heterocycles. The number of nitrogens with one attached hydrogen (secondary N) is 1. The van der Waals surface area contributed by atoms with Gasteiger partial charge in [-0.3, -0.25) is 0 Å². The predicted molar refractivity (Wildman–Crippen MR) is 55.1 cm³/mol. The Hall–Kier alpha value is -1.64. The number of carbonyl (C=O) groups is 1. The molecule has 0 saturated carbocycles. The molecule has 0 atom stereocenters. The minimum absolute atomic E-state index is 0.262. The molecule has 0 amide bonds. The third-order valence-electron chi connectivity index (χ3n) is 1.98. The van der Waals surface area contributed by atoms with Crippen LogP contribution in [-0.2, 0) is 0 Å². The first-order chi connectivity index (χ1) is 6.65. The second-order valence-electron chi connectivity index (χ2n) is 3.11. The maximum atomic E-state index is 10.6. The standard InChI is InChI=1S/C11H13NO2/c1-2-3-10(12)8-4-6-9(7-5-8)11(13)14/h4-7,12H,2-3H2,1H3,(H,13,14). The zero-order valence-electron chi connectivity index (χ0n) is 8.08. The van der Waals surface area contributed by atoms with E-state index in [2.05, 4.69) is 0 Å². The summed E-state index contributed by atoms with van der Waals surface area (Å²) in [6.07, 6.45) is 1.66. The Kier molecular flexibility index (Phi) is 3.40. The van der Waals surface area contributed by atoms with Crippen LogP contribution in [-0.4, -0.2) is 16.8 Å². The molecule has 0 unspecified atom stereocenters. The number of hydrogen-bond acceptors (Lipinski definition) is 2. The number of carboxylic acid groups (broad SMARTS) is 1. The van der Waals surface area contributed by atoms with Crippen molar-refractivity contribution >= 4 is 11.7 Å². The first kappa shape index (κ1) is 10.4. The SMILES string of the molecule is CCCC(=N)c1ccc(C(=O)O)cc1. The molecule has 0 spiro atoms. The number of benzene rings is 1. The summed E-state index contributed by atoms with van der Waals surface area (Å²) >= 11 is 0. The Balaban J connectivity index is 2.83. The van der Waals surface area contributed by atoms with Crippen molar-refractivity contribution < 1.29 is 9.90 Å².